The van der Waals surface area contributed by atoms with Crippen LogP contribution in [-0.2, 0) is 6.42 Å². The third-order valence-electron chi connectivity index (χ3n) is 5.08. The highest BCUT2D eigenvalue weighted by molar-refractivity contribution is 6.15. The number of ketones is 1. The first-order chi connectivity index (χ1) is 11.2. The Bertz CT molecular complexity index is 1120. The molecule has 0 aliphatic heterocycles. The molecular formula is C21H17NO. The second-order valence-electron chi connectivity index (χ2n) is 6.57. The topological polar surface area (TPSA) is 21.5 Å². The van der Waals surface area contributed by atoms with Crippen LogP contribution in [0.15, 0.2) is 48.5 Å². The standard InChI is InChI=1S/C21H17NO/c1-13-9-10-17-14(11-13)12-19-15-5-2-3-6-16(15)21-18(22(17)19)7-4-8-20(21)23/h2-3,5-6,9-12H,4,7-8H2,1H3. The molecule has 112 valence electrons. The summed E-state index contributed by atoms with van der Waals surface area (Å²) in [4.78, 5) is 12.6. The Hall–Kier alpha value is -2.61. The summed E-state index contributed by atoms with van der Waals surface area (Å²) in [6.45, 7) is 2.12. The third-order valence-corrected chi connectivity index (χ3v) is 5.08. The van der Waals surface area contributed by atoms with Gasteiger partial charge in [-0.25, -0.2) is 0 Å². The fourth-order valence-electron chi connectivity index (χ4n) is 4.10. The molecule has 0 radical (unpaired) electrons. The monoisotopic (exact) mass is 299 g/mol. The van der Waals surface area contributed by atoms with Crippen molar-refractivity contribution in [2.45, 2.75) is 26.2 Å². The molecule has 0 atom stereocenters. The Kier molecular flexibility index (Phi) is 2.49. The van der Waals surface area contributed by atoms with E-state index in [4.69, 9.17) is 0 Å². The zero-order chi connectivity index (χ0) is 15.6. The molecule has 1 aliphatic rings. The lowest BCUT2D eigenvalue weighted by molar-refractivity contribution is 0.0973. The fourth-order valence-corrected chi connectivity index (χ4v) is 4.10. The molecule has 2 aromatic carbocycles. The van der Waals surface area contributed by atoms with Gasteiger partial charge in [-0.15, -0.1) is 0 Å². The second kappa shape index (κ2) is 4.45. The van der Waals surface area contributed by atoms with Crippen LogP contribution in [0.3, 0.4) is 0 Å². The van der Waals surface area contributed by atoms with E-state index in [9.17, 15) is 4.79 Å². The van der Waals surface area contributed by atoms with Crippen LogP contribution in [0, 0.1) is 6.92 Å². The van der Waals surface area contributed by atoms with Crippen LogP contribution in [-0.4, -0.2) is 10.2 Å². The highest BCUT2D eigenvalue weighted by atomic mass is 16.1. The predicted molar refractivity (Wildman–Crippen MR) is 94.4 cm³/mol. The van der Waals surface area contributed by atoms with E-state index in [0.717, 1.165) is 23.8 Å². The summed E-state index contributed by atoms with van der Waals surface area (Å²) in [6.07, 6.45) is 2.59. The SMILES string of the molecule is Cc1ccc2c(c1)cc1c3ccccc3c3c(n21)CCCC3=O. The molecule has 0 bridgehead atoms. The molecule has 23 heavy (non-hydrogen) atoms. The molecule has 0 unspecified atom stereocenters. The Balaban J connectivity index is 2.11. The molecule has 2 aromatic heterocycles. The fraction of sp³-hybridized carbons (Fsp3) is 0.190. The van der Waals surface area contributed by atoms with Crippen molar-refractivity contribution in [1.29, 1.82) is 0 Å². The van der Waals surface area contributed by atoms with Crippen molar-refractivity contribution in [2.24, 2.45) is 0 Å². The molecule has 0 saturated carbocycles. The van der Waals surface area contributed by atoms with E-state index in [-0.39, 0.29) is 0 Å². The maximum absolute atomic E-state index is 12.6. The minimum Gasteiger partial charge on any atom is -0.312 e. The van der Waals surface area contributed by atoms with Gasteiger partial charge < -0.3 is 4.40 Å². The molecule has 0 saturated heterocycles. The number of carbonyl (C=O) groups is 1. The molecule has 0 N–H and O–H groups in total. The first-order valence-electron chi connectivity index (χ1n) is 8.22. The molecular weight excluding hydrogens is 282 g/mol. The number of hydrogen-bond donors (Lipinski definition) is 0. The average molecular weight is 299 g/mol. The number of carbonyl (C=O) groups excluding carboxylic acids is 1. The number of hydrogen-bond acceptors (Lipinski definition) is 1. The van der Waals surface area contributed by atoms with Crippen molar-refractivity contribution in [3.8, 4) is 0 Å². The van der Waals surface area contributed by atoms with E-state index in [0.29, 0.717) is 12.2 Å². The van der Waals surface area contributed by atoms with Gasteiger partial charge in [0, 0.05) is 28.5 Å². The minimum atomic E-state index is 0.290. The molecule has 2 nitrogen and oxygen atoms in total. The number of fused-ring (bicyclic) bond motifs is 8. The van der Waals surface area contributed by atoms with Crippen LogP contribution in [0.4, 0.5) is 0 Å². The van der Waals surface area contributed by atoms with E-state index in [2.05, 4.69) is 53.8 Å². The van der Waals surface area contributed by atoms with Crippen molar-refractivity contribution >= 4 is 33.0 Å². The molecule has 0 amide bonds. The van der Waals surface area contributed by atoms with Crippen LogP contribution in [0.5, 0.6) is 0 Å². The van der Waals surface area contributed by atoms with Crippen LogP contribution in [0.2, 0.25) is 0 Å². The van der Waals surface area contributed by atoms with Gasteiger partial charge in [0.2, 0.25) is 0 Å². The van der Waals surface area contributed by atoms with Crippen molar-refractivity contribution < 1.29 is 4.79 Å². The number of rotatable bonds is 0. The minimum absolute atomic E-state index is 0.290. The molecule has 0 fully saturated rings. The summed E-state index contributed by atoms with van der Waals surface area (Å²) in [5.41, 5.74) is 5.82. The summed E-state index contributed by atoms with van der Waals surface area (Å²) >= 11 is 0. The Morgan fingerprint density at radius 1 is 0.913 bits per heavy atom. The summed E-state index contributed by atoms with van der Waals surface area (Å²) in [5, 5.41) is 3.54. The average Bonchev–Trinajstić information content (AvgIpc) is 2.93. The Morgan fingerprint density at radius 2 is 1.74 bits per heavy atom. The van der Waals surface area contributed by atoms with Gasteiger partial charge in [0.25, 0.3) is 0 Å². The van der Waals surface area contributed by atoms with Crippen LogP contribution in [0.1, 0.15) is 34.5 Å². The van der Waals surface area contributed by atoms with Crippen molar-refractivity contribution in [1.82, 2.24) is 4.40 Å². The van der Waals surface area contributed by atoms with E-state index < -0.39 is 0 Å². The summed E-state index contributed by atoms with van der Waals surface area (Å²) < 4.78 is 2.32. The highest BCUT2D eigenvalue weighted by Gasteiger charge is 2.24. The van der Waals surface area contributed by atoms with Crippen molar-refractivity contribution in [2.75, 3.05) is 0 Å². The largest absolute Gasteiger partial charge is 0.312 e. The van der Waals surface area contributed by atoms with Gasteiger partial charge in [0.05, 0.1) is 11.0 Å². The number of aromatic nitrogens is 1. The first kappa shape index (κ1) is 12.9. The van der Waals surface area contributed by atoms with Gasteiger partial charge in [-0.2, -0.15) is 0 Å². The quantitative estimate of drug-likeness (QED) is 0.444. The van der Waals surface area contributed by atoms with Gasteiger partial charge in [0.1, 0.15) is 0 Å². The maximum Gasteiger partial charge on any atom is 0.165 e. The summed E-state index contributed by atoms with van der Waals surface area (Å²) in [7, 11) is 0. The van der Waals surface area contributed by atoms with Crippen molar-refractivity contribution in [3.05, 3.63) is 65.4 Å². The normalized spacial score (nSPS) is 14.7. The summed E-state index contributed by atoms with van der Waals surface area (Å²) in [5.74, 6) is 0.290. The van der Waals surface area contributed by atoms with Crippen molar-refractivity contribution in [3.63, 3.8) is 0 Å². The van der Waals surface area contributed by atoms with E-state index in [1.54, 1.807) is 0 Å². The Morgan fingerprint density at radius 3 is 2.61 bits per heavy atom. The zero-order valence-corrected chi connectivity index (χ0v) is 13.1. The number of Topliss-reactive ketones (excluding diaryl/α,β-unsaturated/α-hetero) is 1. The number of pyridine rings is 1. The Labute approximate surface area is 134 Å². The lowest BCUT2D eigenvalue weighted by atomic mass is 9.90. The third kappa shape index (κ3) is 1.66. The van der Waals surface area contributed by atoms with Crippen LogP contribution >= 0.6 is 0 Å². The van der Waals surface area contributed by atoms with E-state index in [1.165, 1.54) is 33.1 Å². The second-order valence-corrected chi connectivity index (χ2v) is 6.57. The molecule has 4 aromatic rings. The van der Waals surface area contributed by atoms with Gasteiger partial charge in [-0.05, 0) is 43.4 Å². The van der Waals surface area contributed by atoms with Gasteiger partial charge in [0.15, 0.2) is 5.78 Å². The smallest absolute Gasteiger partial charge is 0.165 e. The maximum atomic E-state index is 12.6. The lowest BCUT2D eigenvalue weighted by Crippen LogP contribution is -2.15. The predicted octanol–water partition coefficient (Wildman–Crippen LogP) is 5.07. The molecule has 1 aliphatic carbocycles. The molecule has 0 spiro atoms. The first-order valence-corrected chi connectivity index (χ1v) is 8.22. The molecule has 2 heterocycles. The van der Waals surface area contributed by atoms with Crippen LogP contribution in [0.25, 0.3) is 27.2 Å². The van der Waals surface area contributed by atoms with Gasteiger partial charge >= 0.3 is 0 Å². The highest BCUT2D eigenvalue weighted by Crippen LogP contribution is 2.35. The van der Waals surface area contributed by atoms with Crippen LogP contribution < -0.4 is 0 Å². The molecule has 2 heteroatoms. The number of nitrogens with zero attached hydrogens (tertiary/aromatic N) is 1. The van der Waals surface area contributed by atoms with E-state index in [1.807, 2.05) is 6.07 Å². The zero-order valence-electron chi connectivity index (χ0n) is 13.1. The molecule has 5 rings (SSSR count). The van der Waals surface area contributed by atoms with Gasteiger partial charge in [-0.1, -0.05) is 35.9 Å². The van der Waals surface area contributed by atoms with E-state index >= 15 is 0 Å². The lowest BCUT2D eigenvalue weighted by Gasteiger charge is -2.20. The number of aryl methyl sites for hydroxylation is 2. The van der Waals surface area contributed by atoms with Gasteiger partial charge in [-0.3, -0.25) is 4.79 Å². The summed E-state index contributed by atoms with van der Waals surface area (Å²) in [6, 6.07) is 17.2. The number of benzene rings is 2.